The summed E-state index contributed by atoms with van der Waals surface area (Å²) >= 11 is 0. The van der Waals surface area contributed by atoms with Crippen LogP contribution in [0.25, 0.3) is 0 Å². The first-order valence-corrected chi connectivity index (χ1v) is 9.71. The van der Waals surface area contributed by atoms with Gasteiger partial charge in [0.05, 0.1) is 0 Å². The fourth-order valence-corrected chi connectivity index (χ4v) is 7.48. The van der Waals surface area contributed by atoms with Gasteiger partial charge in [0.15, 0.2) is 0 Å². The van der Waals surface area contributed by atoms with Crippen molar-refractivity contribution < 1.29 is 0 Å². The highest BCUT2D eigenvalue weighted by Gasteiger charge is 2.60. The van der Waals surface area contributed by atoms with E-state index in [9.17, 15) is 0 Å². The van der Waals surface area contributed by atoms with Gasteiger partial charge in [0.25, 0.3) is 0 Å². The zero-order valence-electron chi connectivity index (χ0n) is 14.3. The number of rotatable bonds is 0. The summed E-state index contributed by atoms with van der Waals surface area (Å²) in [6.45, 7) is 5.25. The molecule has 6 atom stereocenters. The maximum Gasteiger partial charge on any atom is -0.00194 e. The molecule has 0 aliphatic heterocycles. The number of hydrogen-bond donors (Lipinski definition) is 0. The molecule has 0 radical (unpaired) electrons. The van der Waals surface area contributed by atoms with Crippen molar-refractivity contribution >= 4 is 0 Å². The Kier molecular flexibility index (Phi) is 2.73. The van der Waals surface area contributed by atoms with E-state index in [4.69, 9.17) is 0 Å². The highest BCUT2D eigenvalue weighted by molar-refractivity contribution is 5.36. The van der Waals surface area contributed by atoms with E-state index in [1.165, 1.54) is 51.4 Å². The van der Waals surface area contributed by atoms with Gasteiger partial charge in [-0.2, -0.15) is 0 Å². The van der Waals surface area contributed by atoms with E-state index in [0.717, 1.165) is 23.7 Å². The monoisotopic (exact) mass is 294 g/mol. The van der Waals surface area contributed by atoms with Gasteiger partial charge in [-0.15, -0.1) is 0 Å². The first kappa shape index (κ1) is 13.6. The molecular formula is C22H30. The predicted octanol–water partition coefficient (Wildman–Crippen LogP) is 6.06. The Balaban J connectivity index is 1.61. The van der Waals surface area contributed by atoms with Gasteiger partial charge < -0.3 is 0 Å². The molecule has 0 nitrogen and oxygen atoms in total. The van der Waals surface area contributed by atoms with Crippen LogP contribution in [0.5, 0.6) is 0 Å². The number of allylic oxidation sites excluding steroid dienone is 6. The summed E-state index contributed by atoms with van der Waals surface area (Å²) in [7, 11) is 0. The van der Waals surface area contributed by atoms with Gasteiger partial charge in [-0.05, 0) is 85.9 Å². The molecule has 5 aliphatic carbocycles. The Morgan fingerprint density at radius 2 is 1.95 bits per heavy atom. The minimum atomic E-state index is 0.516. The van der Waals surface area contributed by atoms with Gasteiger partial charge in [-0.25, -0.2) is 0 Å². The number of fused-ring (bicyclic) bond motifs is 4. The summed E-state index contributed by atoms with van der Waals surface area (Å²) in [5.41, 5.74) is 4.70. The van der Waals surface area contributed by atoms with Crippen LogP contribution in [0.15, 0.2) is 35.5 Å². The van der Waals surface area contributed by atoms with Crippen molar-refractivity contribution in [2.45, 2.75) is 65.2 Å². The first-order chi connectivity index (χ1) is 10.6. The van der Waals surface area contributed by atoms with Crippen molar-refractivity contribution in [3.05, 3.63) is 35.5 Å². The van der Waals surface area contributed by atoms with E-state index in [0.29, 0.717) is 10.8 Å². The van der Waals surface area contributed by atoms with Crippen molar-refractivity contribution in [3.63, 3.8) is 0 Å². The molecule has 22 heavy (non-hydrogen) atoms. The largest absolute Gasteiger partial charge is 0.0848 e. The molecule has 5 aliphatic rings. The standard InChI is InChI=1S/C22H30/c1-21-13-4-3-6-15(21)9-11-18-19-12-10-16-7-5-8-17(14-20(18)21)22(16,19)2/h5-8,16,18-20H,3-4,9-14H2,1-2H3/t16?,18?,19?,20?,21-,22-/m0/s1. The smallest absolute Gasteiger partial charge is 0.00194 e. The van der Waals surface area contributed by atoms with Crippen molar-refractivity contribution in [2.24, 2.45) is 34.5 Å². The molecule has 0 amide bonds. The highest BCUT2D eigenvalue weighted by atomic mass is 14.6. The summed E-state index contributed by atoms with van der Waals surface area (Å²) < 4.78 is 0. The summed E-state index contributed by atoms with van der Waals surface area (Å²) in [4.78, 5) is 0. The molecule has 3 saturated carbocycles. The zero-order chi connectivity index (χ0) is 14.9. The van der Waals surface area contributed by atoms with E-state index in [1.807, 2.05) is 11.1 Å². The van der Waals surface area contributed by atoms with E-state index in [2.05, 4.69) is 38.2 Å². The lowest BCUT2D eigenvalue weighted by atomic mass is 9.45. The molecule has 118 valence electrons. The molecule has 0 saturated heterocycles. The minimum absolute atomic E-state index is 0.516. The average Bonchev–Trinajstić information content (AvgIpc) is 2.86. The molecule has 5 rings (SSSR count). The number of hydrogen-bond acceptors (Lipinski definition) is 0. The van der Waals surface area contributed by atoms with Gasteiger partial charge >= 0.3 is 0 Å². The Morgan fingerprint density at radius 3 is 2.86 bits per heavy atom. The summed E-state index contributed by atoms with van der Waals surface area (Å²) in [6.07, 6.45) is 21.5. The van der Waals surface area contributed by atoms with Crippen LogP contribution in [0.3, 0.4) is 0 Å². The summed E-state index contributed by atoms with van der Waals surface area (Å²) in [5, 5.41) is 0. The SMILES string of the molecule is C[C@@]12C3=CC=CC1CCC2C1CCC2=CCCC[C@]2(C)C1C3. The van der Waals surface area contributed by atoms with Gasteiger partial charge in [-0.1, -0.05) is 49.3 Å². The molecule has 0 spiro atoms. The lowest BCUT2D eigenvalue weighted by Gasteiger charge is -2.59. The predicted molar refractivity (Wildman–Crippen MR) is 92.4 cm³/mol. The second kappa shape index (κ2) is 4.40. The second-order valence-electron chi connectivity index (χ2n) is 9.20. The molecule has 0 aromatic carbocycles. The van der Waals surface area contributed by atoms with E-state index < -0.39 is 0 Å². The Hall–Kier alpha value is -0.780. The highest BCUT2D eigenvalue weighted by Crippen LogP contribution is 2.69. The average molecular weight is 294 g/mol. The quantitative estimate of drug-likeness (QED) is 0.476. The van der Waals surface area contributed by atoms with Crippen LogP contribution in [0.2, 0.25) is 0 Å². The van der Waals surface area contributed by atoms with Crippen LogP contribution in [-0.4, -0.2) is 0 Å². The molecule has 0 bridgehead atoms. The lowest BCUT2D eigenvalue weighted by Crippen LogP contribution is -2.51. The van der Waals surface area contributed by atoms with Crippen molar-refractivity contribution in [2.75, 3.05) is 0 Å². The second-order valence-corrected chi connectivity index (χ2v) is 9.20. The van der Waals surface area contributed by atoms with E-state index in [1.54, 1.807) is 0 Å². The molecule has 4 unspecified atom stereocenters. The molecule has 0 aromatic heterocycles. The van der Waals surface area contributed by atoms with Gasteiger partial charge in [0.1, 0.15) is 0 Å². The third-order valence-corrected chi connectivity index (χ3v) is 8.73. The van der Waals surface area contributed by atoms with Crippen LogP contribution >= 0.6 is 0 Å². The van der Waals surface area contributed by atoms with Gasteiger partial charge in [0.2, 0.25) is 0 Å². The molecule has 0 aromatic rings. The minimum Gasteiger partial charge on any atom is -0.0848 e. The maximum atomic E-state index is 2.63. The van der Waals surface area contributed by atoms with Crippen molar-refractivity contribution in [1.29, 1.82) is 0 Å². The van der Waals surface area contributed by atoms with Gasteiger partial charge in [-0.3, -0.25) is 0 Å². The Morgan fingerprint density at radius 1 is 1.05 bits per heavy atom. The maximum absolute atomic E-state index is 2.63. The molecule has 0 N–H and O–H groups in total. The van der Waals surface area contributed by atoms with Crippen LogP contribution in [0, 0.1) is 34.5 Å². The summed E-state index contributed by atoms with van der Waals surface area (Å²) in [5.74, 6) is 3.74. The summed E-state index contributed by atoms with van der Waals surface area (Å²) in [6, 6.07) is 0. The van der Waals surface area contributed by atoms with Crippen LogP contribution < -0.4 is 0 Å². The molecular weight excluding hydrogens is 264 g/mol. The van der Waals surface area contributed by atoms with Crippen LogP contribution in [-0.2, 0) is 0 Å². The van der Waals surface area contributed by atoms with E-state index >= 15 is 0 Å². The lowest BCUT2D eigenvalue weighted by molar-refractivity contribution is -0.0109. The van der Waals surface area contributed by atoms with Crippen molar-refractivity contribution in [3.8, 4) is 0 Å². The van der Waals surface area contributed by atoms with E-state index in [-0.39, 0.29) is 0 Å². The van der Waals surface area contributed by atoms with Crippen LogP contribution in [0.4, 0.5) is 0 Å². The normalized spacial score (nSPS) is 52.3. The molecule has 0 heteroatoms. The third kappa shape index (κ3) is 1.50. The van der Waals surface area contributed by atoms with Crippen molar-refractivity contribution in [1.82, 2.24) is 0 Å². The van der Waals surface area contributed by atoms with Crippen LogP contribution in [0.1, 0.15) is 65.2 Å². The molecule has 0 heterocycles. The Bertz CT molecular complexity index is 591. The third-order valence-electron chi connectivity index (χ3n) is 8.73. The topological polar surface area (TPSA) is 0 Å². The molecule has 3 fully saturated rings. The Labute approximate surface area is 135 Å². The first-order valence-electron chi connectivity index (χ1n) is 9.71. The fraction of sp³-hybridized carbons (Fsp3) is 0.727. The zero-order valence-corrected chi connectivity index (χ0v) is 14.3. The fourth-order valence-electron chi connectivity index (χ4n) is 7.48. The van der Waals surface area contributed by atoms with Gasteiger partial charge in [0, 0.05) is 0 Å².